The highest BCUT2D eigenvalue weighted by Gasteiger charge is 2.16. The summed E-state index contributed by atoms with van der Waals surface area (Å²) < 4.78 is 17.9. The Balaban J connectivity index is 2.46. The lowest BCUT2D eigenvalue weighted by molar-refractivity contribution is 0.625. The van der Waals surface area contributed by atoms with Crippen LogP contribution in [-0.2, 0) is 6.54 Å². The molecule has 0 radical (unpaired) electrons. The number of rotatable bonds is 14. The Morgan fingerprint density at radius 1 is 1.05 bits per heavy atom. The molecule has 2 aromatic rings. The summed E-state index contributed by atoms with van der Waals surface area (Å²) in [5.41, 5.74) is 9.95. The zero-order chi connectivity index (χ0) is 31.6. The van der Waals surface area contributed by atoms with E-state index >= 15 is 0 Å². The fraction of sp³-hybridized carbons (Fsp3) is 0.194. The molecule has 0 atom stereocenters. The van der Waals surface area contributed by atoms with Crippen LogP contribution in [0.1, 0.15) is 31.9 Å². The summed E-state index contributed by atoms with van der Waals surface area (Å²) in [5, 5.41) is 6.65. The number of likely N-dealkylation sites (N-methyl/N-ethyl adjacent to an activating group) is 1. The number of benzene rings is 1. The van der Waals surface area contributed by atoms with Gasteiger partial charge in [-0.05, 0) is 97.2 Å². The first-order valence-corrected chi connectivity index (χ1v) is 15.9. The van der Waals surface area contributed by atoms with Gasteiger partial charge >= 0.3 is 0 Å². The maximum Gasteiger partial charge on any atom is 0.124 e. The minimum Gasteiger partial charge on any atom is -0.388 e. The average Bonchev–Trinajstić information content (AvgIpc) is 2.92. The third-order valence-electron chi connectivity index (χ3n) is 6.68. The molecular weight excluding hydrogens is 539 g/mol. The van der Waals surface area contributed by atoms with Crippen molar-refractivity contribution < 1.29 is 4.39 Å². The van der Waals surface area contributed by atoms with Gasteiger partial charge in [0.1, 0.15) is 5.82 Å². The van der Waals surface area contributed by atoms with Crippen LogP contribution in [0.2, 0.25) is 0 Å². The van der Waals surface area contributed by atoms with E-state index in [9.17, 15) is 4.39 Å². The lowest BCUT2D eigenvalue weighted by Gasteiger charge is -2.20. The van der Waals surface area contributed by atoms with Gasteiger partial charge in [-0.3, -0.25) is 9.71 Å². The average molecular weight is 585 g/mol. The molecule has 0 saturated carbocycles. The second-order valence-corrected chi connectivity index (χ2v) is 13.0. The second kappa shape index (κ2) is 15.2. The summed E-state index contributed by atoms with van der Waals surface area (Å²) in [6, 6.07) is 5.00. The van der Waals surface area contributed by atoms with Crippen molar-refractivity contribution in [1.82, 2.24) is 15.0 Å². The molecular formula is C36H45FN4S. The summed E-state index contributed by atoms with van der Waals surface area (Å²) in [6.07, 6.45) is 15.2. The number of anilines is 1. The Kier molecular flexibility index (Phi) is 12.3. The predicted octanol–water partition coefficient (Wildman–Crippen LogP) is 8.67. The zero-order valence-corrected chi connectivity index (χ0v) is 26.8. The van der Waals surface area contributed by atoms with Crippen LogP contribution in [0, 0.1) is 12.7 Å². The molecule has 0 bridgehead atoms. The molecule has 0 aliphatic carbocycles. The molecule has 0 aliphatic heterocycles. The Morgan fingerprint density at radius 2 is 1.74 bits per heavy atom. The lowest BCUT2D eigenvalue weighted by Crippen LogP contribution is -2.13. The number of allylic oxidation sites excluding steroid dienone is 10. The smallest absolute Gasteiger partial charge is 0.124 e. The van der Waals surface area contributed by atoms with Gasteiger partial charge in [-0.25, -0.2) is 4.39 Å². The van der Waals surface area contributed by atoms with E-state index in [4.69, 9.17) is 0 Å². The monoisotopic (exact) mass is 584 g/mol. The third-order valence-corrected chi connectivity index (χ3v) is 7.52. The van der Waals surface area contributed by atoms with Crippen LogP contribution in [0.4, 0.5) is 10.1 Å². The maximum absolute atomic E-state index is 14.6. The van der Waals surface area contributed by atoms with Gasteiger partial charge < -0.3 is 10.6 Å². The molecule has 2 rings (SSSR count). The number of hydrogen-bond acceptors (Lipinski definition) is 4. The normalized spacial score (nSPS) is 13.0. The van der Waals surface area contributed by atoms with E-state index in [-0.39, 0.29) is 5.82 Å². The summed E-state index contributed by atoms with van der Waals surface area (Å²) in [5.74, 6) is 7.77. The molecule has 1 aromatic carbocycles. The Bertz CT molecular complexity index is 1620. The van der Waals surface area contributed by atoms with E-state index in [1.165, 1.54) is 12.1 Å². The molecule has 3 N–H and O–H groups in total. The number of halogens is 1. The van der Waals surface area contributed by atoms with Crippen molar-refractivity contribution in [2.45, 2.75) is 34.2 Å². The van der Waals surface area contributed by atoms with Gasteiger partial charge in [0.05, 0.1) is 11.9 Å². The van der Waals surface area contributed by atoms with Crippen molar-refractivity contribution in [3.05, 3.63) is 143 Å². The Hall–Kier alpha value is -4.13. The largest absolute Gasteiger partial charge is 0.388 e. The number of nitrogens with one attached hydrogen (secondary N) is 3. The quantitative estimate of drug-likeness (QED) is 0.154. The number of nitrogens with zero attached hydrogens (tertiary/aromatic N) is 1. The summed E-state index contributed by atoms with van der Waals surface area (Å²) >= 11 is 0. The van der Waals surface area contributed by atoms with E-state index in [2.05, 4.69) is 58.4 Å². The summed E-state index contributed by atoms with van der Waals surface area (Å²) in [6.45, 7) is 25.2. The number of aromatic nitrogens is 1. The molecule has 1 heterocycles. The predicted molar refractivity (Wildman–Crippen MR) is 189 cm³/mol. The van der Waals surface area contributed by atoms with Crippen LogP contribution >= 0.6 is 9.39 Å². The molecule has 0 aliphatic rings. The Labute approximate surface area is 253 Å². The molecule has 1 aromatic heterocycles. The molecule has 0 saturated heterocycles. The highest BCUT2D eigenvalue weighted by atomic mass is 32.2. The van der Waals surface area contributed by atoms with Crippen molar-refractivity contribution in [3.63, 3.8) is 0 Å². The molecule has 6 heteroatoms. The Morgan fingerprint density at radius 3 is 2.31 bits per heavy atom. The van der Waals surface area contributed by atoms with Gasteiger partial charge in [-0.2, -0.15) is 9.39 Å². The first kappa shape index (κ1) is 34.1. The van der Waals surface area contributed by atoms with E-state index in [1.807, 2.05) is 71.4 Å². The minimum absolute atomic E-state index is 0.315. The summed E-state index contributed by atoms with van der Waals surface area (Å²) in [4.78, 5) is 4.45. The molecule has 0 spiro atoms. The van der Waals surface area contributed by atoms with E-state index in [0.29, 0.717) is 17.8 Å². The van der Waals surface area contributed by atoms with Gasteiger partial charge in [0.25, 0.3) is 0 Å². The van der Waals surface area contributed by atoms with Crippen LogP contribution in [0.15, 0.2) is 127 Å². The number of hydrogen-bond donors (Lipinski definition) is 3. The second-order valence-electron chi connectivity index (χ2n) is 10.2. The van der Waals surface area contributed by atoms with Crippen molar-refractivity contribution in [2.75, 3.05) is 18.6 Å². The molecule has 0 fully saturated rings. The standard InChI is InChI=1S/C36H45FN4S/c1-13-16-24(4)32(14-2)25(5)17-33(35(15-3)38-9)26(6)28(8)41-36-23-39-22-34(27(36)7)30-18-29(19-31(37)20-30)21-40-42(10,11)12/h13-20,22-23,38,40-41H,1,5-6,8,10-11,21H2,2-4,7,9,12H3/b24-16-,32-14+,33-17-,35-15+. The van der Waals surface area contributed by atoms with Crippen molar-refractivity contribution >= 4 is 26.8 Å². The topological polar surface area (TPSA) is 49.0 Å². The van der Waals surface area contributed by atoms with Gasteiger partial charge in [0, 0.05) is 42.3 Å². The third kappa shape index (κ3) is 9.20. The molecule has 0 amide bonds. The zero-order valence-electron chi connectivity index (χ0n) is 26.0. The molecule has 222 valence electrons. The van der Waals surface area contributed by atoms with Crippen LogP contribution in [-0.4, -0.2) is 30.0 Å². The van der Waals surface area contributed by atoms with E-state index < -0.39 is 9.39 Å². The van der Waals surface area contributed by atoms with Crippen LogP contribution in [0.3, 0.4) is 0 Å². The van der Waals surface area contributed by atoms with Gasteiger partial charge in [-0.15, -0.1) is 0 Å². The maximum atomic E-state index is 14.6. The highest BCUT2D eigenvalue weighted by molar-refractivity contribution is 8.25. The van der Waals surface area contributed by atoms with Crippen LogP contribution < -0.4 is 15.4 Å². The molecule has 4 nitrogen and oxygen atoms in total. The van der Waals surface area contributed by atoms with E-state index in [0.717, 1.165) is 55.9 Å². The van der Waals surface area contributed by atoms with E-state index in [1.54, 1.807) is 18.5 Å². The SMILES string of the molecule is C=C/C=C(C)\C(=C/C)C(=C)/C=C(C(=C)C(=C)Nc1cncc(-c2cc(F)cc(CNS(=C)(=C)C)c2)c1C)\C(=C/C)NC. The molecule has 42 heavy (non-hydrogen) atoms. The minimum atomic E-state index is -1.43. The van der Waals surface area contributed by atoms with Crippen LogP contribution in [0.5, 0.6) is 0 Å². The fourth-order valence-corrected chi connectivity index (χ4v) is 4.97. The number of pyridine rings is 1. The molecule has 0 unspecified atom stereocenters. The fourth-order valence-electron chi connectivity index (χ4n) is 4.46. The lowest BCUT2D eigenvalue weighted by atomic mass is 9.93. The van der Waals surface area contributed by atoms with Gasteiger partial charge in [0.15, 0.2) is 0 Å². The van der Waals surface area contributed by atoms with Crippen molar-refractivity contribution in [1.29, 1.82) is 0 Å². The van der Waals surface area contributed by atoms with Crippen molar-refractivity contribution in [2.24, 2.45) is 0 Å². The van der Waals surface area contributed by atoms with Crippen LogP contribution in [0.25, 0.3) is 11.1 Å². The highest BCUT2D eigenvalue weighted by Crippen LogP contribution is 2.32. The van der Waals surface area contributed by atoms with Gasteiger partial charge in [0.2, 0.25) is 0 Å². The first-order chi connectivity index (χ1) is 19.8. The summed E-state index contributed by atoms with van der Waals surface area (Å²) in [7, 11) is 0.437. The van der Waals surface area contributed by atoms with Gasteiger partial charge in [-0.1, -0.05) is 62.4 Å². The first-order valence-electron chi connectivity index (χ1n) is 13.6. The van der Waals surface area contributed by atoms with Crippen molar-refractivity contribution in [3.8, 4) is 11.1 Å².